The third-order valence-electron chi connectivity index (χ3n) is 1.62. The minimum absolute atomic E-state index is 0.437. The summed E-state index contributed by atoms with van der Waals surface area (Å²) in [6, 6.07) is 0.437. The number of hydrogen-bond acceptors (Lipinski definition) is 1. The van der Waals surface area contributed by atoms with Crippen LogP contribution in [0.25, 0.3) is 0 Å². The van der Waals surface area contributed by atoms with Gasteiger partial charge in [0.05, 0.1) is 0 Å². The van der Waals surface area contributed by atoms with Crippen molar-refractivity contribution in [3.8, 4) is 0 Å². The Morgan fingerprint density at radius 1 is 1.38 bits per heavy atom. The molecule has 1 fully saturated rings. The fourth-order valence-electron chi connectivity index (χ4n) is 1.15. The minimum Gasteiger partial charge on any atom is -0.163 e. The summed E-state index contributed by atoms with van der Waals surface area (Å²) in [7, 11) is 0. The first-order chi connectivity index (χ1) is 3.93. The van der Waals surface area contributed by atoms with Crippen LogP contribution in [0.5, 0.6) is 0 Å². The van der Waals surface area contributed by atoms with Gasteiger partial charge in [0.1, 0.15) is 0 Å². The zero-order valence-electron chi connectivity index (χ0n) is 4.81. The fourth-order valence-corrected chi connectivity index (χ4v) is 1.15. The van der Waals surface area contributed by atoms with Crippen LogP contribution in [0.15, 0.2) is 0 Å². The van der Waals surface area contributed by atoms with Crippen LogP contribution in [0.1, 0.15) is 25.7 Å². The molecule has 8 heavy (non-hydrogen) atoms. The predicted octanol–water partition coefficient (Wildman–Crippen LogP) is -0.655. The second-order valence-corrected chi connectivity index (χ2v) is 2.23. The molecule has 2 nitrogen and oxygen atoms in total. The quantitative estimate of drug-likeness (QED) is 0.354. The second kappa shape index (κ2) is 2.63. The number of rotatable bonds is 1. The molecule has 1 rings (SSSR count). The molecule has 0 aromatic carbocycles. The molecule has 0 atom stereocenters. The van der Waals surface area contributed by atoms with Crippen molar-refractivity contribution in [3.63, 3.8) is 0 Å². The molecule has 1 N–H and O–H groups in total. The summed E-state index contributed by atoms with van der Waals surface area (Å²) in [5.41, 5.74) is 0. The summed E-state index contributed by atoms with van der Waals surface area (Å²) in [6.07, 6.45) is 6.53. The molecule has 2 heteroatoms. The second-order valence-electron chi connectivity index (χ2n) is 2.23. The lowest BCUT2D eigenvalue weighted by Gasteiger charge is -1.86. The van der Waals surface area contributed by atoms with Crippen LogP contribution >= 0.6 is 0 Å². The van der Waals surface area contributed by atoms with Crippen molar-refractivity contribution in [2.24, 2.45) is 0 Å². The van der Waals surface area contributed by atoms with Crippen molar-refractivity contribution < 1.29 is 9.79 Å². The Morgan fingerprint density at radius 3 is 2.50 bits per heavy atom. The lowest BCUT2D eigenvalue weighted by atomic mass is 10.3. The molecule has 0 saturated heterocycles. The smallest absolute Gasteiger partial charge is 0.163 e. The summed E-state index contributed by atoms with van der Waals surface area (Å²) in [5.74, 6) is 0. The number of isocyanates is 1. The van der Waals surface area contributed by atoms with Crippen LogP contribution in [0.4, 0.5) is 0 Å². The Bertz CT molecular complexity index is 110. The average Bonchev–Trinajstić information content (AvgIpc) is 2.19. The lowest BCUT2D eigenvalue weighted by Crippen LogP contribution is -2.74. The van der Waals surface area contributed by atoms with Crippen molar-refractivity contribution in [2.45, 2.75) is 31.7 Å². The summed E-state index contributed by atoms with van der Waals surface area (Å²) in [6.45, 7) is 0. The fraction of sp³-hybridized carbons (Fsp3) is 0.833. The Labute approximate surface area is 48.6 Å². The highest BCUT2D eigenvalue weighted by Gasteiger charge is 2.17. The number of hydrogen-bond donors (Lipinski definition) is 1. The maximum absolute atomic E-state index is 9.72. The third kappa shape index (κ3) is 1.17. The van der Waals surface area contributed by atoms with Crippen LogP contribution in [-0.2, 0) is 4.79 Å². The van der Waals surface area contributed by atoms with Crippen LogP contribution < -0.4 is 4.99 Å². The van der Waals surface area contributed by atoms with Crippen LogP contribution in [0.2, 0.25) is 0 Å². The van der Waals surface area contributed by atoms with Gasteiger partial charge in [0.25, 0.3) is 0 Å². The van der Waals surface area contributed by atoms with Gasteiger partial charge >= 0.3 is 6.08 Å². The van der Waals surface area contributed by atoms with E-state index in [1.54, 1.807) is 6.08 Å². The monoisotopic (exact) mass is 112 g/mol. The van der Waals surface area contributed by atoms with Gasteiger partial charge in [0.2, 0.25) is 0 Å². The van der Waals surface area contributed by atoms with E-state index in [9.17, 15) is 4.79 Å². The zero-order chi connectivity index (χ0) is 5.82. The highest BCUT2D eigenvalue weighted by atomic mass is 16.1. The van der Waals surface area contributed by atoms with Gasteiger partial charge in [-0.25, -0.2) is 0 Å². The van der Waals surface area contributed by atoms with Gasteiger partial charge in [-0.3, -0.25) is 0 Å². The summed E-state index contributed by atoms with van der Waals surface area (Å²) in [4.78, 5) is 12.4. The molecule has 0 amide bonds. The van der Waals surface area contributed by atoms with E-state index in [2.05, 4.69) is 4.99 Å². The molecule has 0 aromatic rings. The normalized spacial score (nSPS) is 20.5. The van der Waals surface area contributed by atoms with Gasteiger partial charge in [-0.2, -0.15) is 9.79 Å². The van der Waals surface area contributed by atoms with Gasteiger partial charge in [-0.05, 0) is 12.8 Å². The molecular weight excluding hydrogens is 102 g/mol. The molecule has 44 valence electrons. The maximum Gasteiger partial charge on any atom is 0.422 e. The molecule has 1 aliphatic rings. The third-order valence-corrected chi connectivity index (χ3v) is 1.62. The van der Waals surface area contributed by atoms with E-state index in [1.165, 1.54) is 12.8 Å². The van der Waals surface area contributed by atoms with E-state index in [-0.39, 0.29) is 0 Å². The van der Waals surface area contributed by atoms with Crippen molar-refractivity contribution in [2.75, 3.05) is 0 Å². The first kappa shape index (κ1) is 5.52. The van der Waals surface area contributed by atoms with Gasteiger partial charge in [0, 0.05) is 12.8 Å². The topological polar surface area (TPSA) is 31.0 Å². The van der Waals surface area contributed by atoms with Crippen LogP contribution in [0.3, 0.4) is 0 Å². The van der Waals surface area contributed by atoms with Crippen molar-refractivity contribution in [1.82, 2.24) is 0 Å². The van der Waals surface area contributed by atoms with E-state index < -0.39 is 0 Å². The average molecular weight is 112 g/mol. The van der Waals surface area contributed by atoms with Gasteiger partial charge in [-0.1, -0.05) is 0 Å². The molecular formula is C6H10NO+. The summed E-state index contributed by atoms with van der Waals surface area (Å²) in [5, 5.41) is 0. The molecule has 1 aliphatic carbocycles. The Kier molecular flexibility index (Phi) is 1.81. The van der Waals surface area contributed by atoms with Crippen molar-refractivity contribution in [1.29, 1.82) is 0 Å². The first-order valence-electron chi connectivity index (χ1n) is 3.06. The molecule has 0 unspecified atom stereocenters. The van der Waals surface area contributed by atoms with Gasteiger partial charge in [0.15, 0.2) is 6.04 Å². The Hall–Kier alpha value is -0.620. The molecule has 0 radical (unpaired) electrons. The highest BCUT2D eigenvalue weighted by molar-refractivity contribution is 5.23. The molecule has 0 heterocycles. The van der Waals surface area contributed by atoms with E-state index in [4.69, 9.17) is 0 Å². The zero-order valence-corrected chi connectivity index (χ0v) is 4.81. The number of nitrogens with one attached hydrogen (secondary N) is 1. The molecule has 0 aliphatic heterocycles. The summed E-state index contributed by atoms with van der Waals surface area (Å²) < 4.78 is 0. The standard InChI is InChI=1S/C6H9NO/c8-5-7-6-3-1-2-4-6/h6H,1-4H2/p+1. The van der Waals surface area contributed by atoms with E-state index in [0.717, 1.165) is 12.8 Å². The largest absolute Gasteiger partial charge is 0.422 e. The molecule has 0 aromatic heterocycles. The van der Waals surface area contributed by atoms with Crippen molar-refractivity contribution >= 4 is 6.08 Å². The lowest BCUT2D eigenvalue weighted by molar-refractivity contribution is -0.497. The van der Waals surface area contributed by atoms with Gasteiger partial charge in [-0.15, -0.1) is 0 Å². The van der Waals surface area contributed by atoms with Crippen molar-refractivity contribution in [3.05, 3.63) is 0 Å². The first-order valence-corrected chi connectivity index (χ1v) is 3.06. The maximum atomic E-state index is 9.72. The summed E-state index contributed by atoms with van der Waals surface area (Å²) >= 11 is 0. The van der Waals surface area contributed by atoms with Gasteiger partial charge < -0.3 is 0 Å². The van der Waals surface area contributed by atoms with Crippen LogP contribution in [0, 0.1) is 0 Å². The Morgan fingerprint density at radius 2 is 2.00 bits per heavy atom. The number of carbonyl (C=O) groups excluding carboxylic acids is 1. The predicted molar refractivity (Wildman–Crippen MR) is 28.9 cm³/mol. The Balaban J connectivity index is 2.35. The molecule has 1 saturated carbocycles. The van der Waals surface area contributed by atoms with E-state index in [0.29, 0.717) is 6.04 Å². The van der Waals surface area contributed by atoms with Crippen LogP contribution in [-0.4, -0.2) is 12.1 Å². The SMILES string of the molecule is O=C=[NH+]C1CCCC1. The molecule has 0 spiro atoms. The highest BCUT2D eigenvalue weighted by Crippen LogP contribution is 2.13. The molecule has 0 bridgehead atoms. The van der Waals surface area contributed by atoms with E-state index in [1.807, 2.05) is 0 Å². The van der Waals surface area contributed by atoms with E-state index >= 15 is 0 Å². The minimum atomic E-state index is 0.437.